The second-order valence-electron chi connectivity index (χ2n) is 6.70. The van der Waals surface area contributed by atoms with Crippen molar-refractivity contribution >= 4 is 28.9 Å². The molecule has 3 aromatic rings. The maximum absolute atomic E-state index is 6.48. The molecule has 0 fully saturated rings. The van der Waals surface area contributed by atoms with E-state index in [0.717, 1.165) is 27.4 Å². The topological polar surface area (TPSA) is 30.5 Å². The number of hydrogen-bond acceptors (Lipinski definition) is 3. The molecule has 0 bridgehead atoms. The van der Waals surface area contributed by atoms with Crippen LogP contribution in [0.15, 0.2) is 54.6 Å². The minimum absolute atomic E-state index is 0.426. The molecule has 5 heteroatoms. The van der Waals surface area contributed by atoms with Crippen LogP contribution < -0.4 is 14.8 Å². The first-order chi connectivity index (χ1) is 13.5. The highest BCUT2D eigenvalue weighted by Gasteiger charge is 2.12. The van der Waals surface area contributed by atoms with E-state index >= 15 is 0 Å². The summed E-state index contributed by atoms with van der Waals surface area (Å²) >= 11 is 12.7. The summed E-state index contributed by atoms with van der Waals surface area (Å²) in [6.07, 6.45) is 0. The lowest BCUT2D eigenvalue weighted by Crippen LogP contribution is -2.03. The van der Waals surface area contributed by atoms with Crippen molar-refractivity contribution < 1.29 is 9.47 Å². The number of benzene rings is 3. The molecule has 3 aromatic carbocycles. The second kappa shape index (κ2) is 9.22. The van der Waals surface area contributed by atoms with Crippen LogP contribution in [-0.4, -0.2) is 7.11 Å². The fourth-order valence-electron chi connectivity index (χ4n) is 2.76. The summed E-state index contributed by atoms with van der Waals surface area (Å²) in [5.74, 6) is 1.16. The normalized spacial score (nSPS) is 10.6. The van der Waals surface area contributed by atoms with E-state index in [2.05, 4.69) is 24.4 Å². The maximum atomic E-state index is 6.48. The molecule has 0 amide bonds. The van der Waals surface area contributed by atoms with Crippen molar-refractivity contribution in [3.8, 4) is 11.5 Å². The second-order valence-corrected chi connectivity index (χ2v) is 7.52. The van der Waals surface area contributed by atoms with Crippen LogP contribution >= 0.6 is 23.2 Å². The SMILES string of the molecule is COc1cc(CNc2ccc(C)c(Cl)c2)cc(Cl)c1OCc1ccc(C)cc1. The molecule has 3 rings (SSSR count). The van der Waals surface area contributed by atoms with Gasteiger partial charge in [0.2, 0.25) is 0 Å². The van der Waals surface area contributed by atoms with Crippen molar-refractivity contribution in [3.63, 3.8) is 0 Å². The van der Waals surface area contributed by atoms with Crippen molar-refractivity contribution in [2.75, 3.05) is 12.4 Å². The summed E-state index contributed by atoms with van der Waals surface area (Å²) < 4.78 is 11.4. The Morgan fingerprint density at radius 3 is 2.29 bits per heavy atom. The van der Waals surface area contributed by atoms with Crippen LogP contribution in [0.4, 0.5) is 5.69 Å². The number of anilines is 1. The zero-order chi connectivity index (χ0) is 20.1. The molecular formula is C23H23Cl2NO2. The van der Waals surface area contributed by atoms with Crippen molar-refractivity contribution in [1.82, 2.24) is 0 Å². The molecular weight excluding hydrogens is 393 g/mol. The third-order valence-corrected chi connectivity index (χ3v) is 5.15. The molecule has 0 unspecified atom stereocenters. The van der Waals surface area contributed by atoms with Gasteiger partial charge >= 0.3 is 0 Å². The molecule has 0 aliphatic heterocycles. The van der Waals surface area contributed by atoms with Crippen molar-refractivity contribution in [2.24, 2.45) is 0 Å². The maximum Gasteiger partial charge on any atom is 0.180 e. The first-order valence-electron chi connectivity index (χ1n) is 9.01. The summed E-state index contributed by atoms with van der Waals surface area (Å²) in [5, 5.41) is 4.61. The summed E-state index contributed by atoms with van der Waals surface area (Å²) in [6, 6.07) is 17.9. The van der Waals surface area contributed by atoms with Crippen LogP contribution in [0.5, 0.6) is 11.5 Å². The Morgan fingerprint density at radius 2 is 1.61 bits per heavy atom. The van der Waals surface area contributed by atoms with Crippen LogP contribution in [0.3, 0.4) is 0 Å². The molecule has 0 atom stereocenters. The van der Waals surface area contributed by atoms with Gasteiger partial charge in [0.05, 0.1) is 12.1 Å². The quantitative estimate of drug-likeness (QED) is 0.459. The van der Waals surface area contributed by atoms with Gasteiger partial charge in [-0.05, 0) is 54.8 Å². The predicted molar refractivity (Wildman–Crippen MR) is 117 cm³/mol. The largest absolute Gasteiger partial charge is 0.493 e. The molecule has 0 saturated heterocycles. The van der Waals surface area contributed by atoms with E-state index in [1.54, 1.807) is 7.11 Å². The van der Waals surface area contributed by atoms with E-state index in [1.165, 1.54) is 5.56 Å². The fourth-order valence-corrected chi connectivity index (χ4v) is 3.23. The molecule has 0 saturated carbocycles. The van der Waals surface area contributed by atoms with Gasteiger partial charge in [0.1, 0.15) is 6.61 Å². The first-order valence-corrected chi connectivity index (χ1v) is 9.76. The first kappa shape index (κ1) is 20.4. The van der Waals surface area contributed by atoms with E-state index in [0.29, 0.717) is 29.7 Å². The number of ether oxygens (including phenoxy) is 2. The van der Waals surface area contributed by atoms with E-state index in [-0.39, 0.29) is 0 Å². The van der Waals surface area contributed by atoms with Crippen LogP contribution in [0.1, 0.15) is 22.3 Å². The van der Waals surface area contributed by atoms with E-state index in [4.69, 9.17) is 32.7 Å². The average Bonchev–Trinajstić information content (AvgIpc) is 2.69. The Balaban J connectivity index is 1.71. The molecule has 0 heterocycles. The average molecular weight is 416 g/mol. The van der Waals surface area contributed by atoms with Gasteiger partial charge in [-0.2, -0.15) is 0 Å². The van der Waals surface area contributed by atoms with Crippen LogP contribution in [-0.2, 0) is 13.2 Å². The molecule has 0 spiro atoms. The molecule has 0 aliphatic rings. The van der Waals surface area contributed by atoms with Gasteiger partial charge in [0.25, 0.3) is 0 Å². The number of halogens is 2. The highest BCUT2D eigenvalue weighted by atomic mass is 35.5. The third kappa shape index (κ3) is 5.12. The monoisotopic (exact) mass is 415 g/mol. The number of aryl methyl sites for hydroxylation is 2. The predicted octanol–water partition coefficient (Wildman–Crippen LogP) is 6.81. The Hall–Kier alpha value is -2.36. The van der Waals surface area contributed by atoms with Gasteiger partial charge in [-0.1, -0.05) is 59.1 Å². The Kier molecular flexibility index (Phi) is 6.71. The van der Waals surface area contributed by atoms with E-state index in [9.17, 15) is 0 Å². The molecule has 0 radical (unpaired) electrons. The number of hydrogen-bond donors (Lipinski definition) is 1. The van der Waals surface area contributed by atoms with Gasteiger partial charge < -0.3 is 14.8 Å². The van der Waals surface area contributed by atoms with Gasteiger partial charge in [-0.3, -0.25) is 0 Å². The molecule has 28 heavy (non-hydrogen) atoms. The number of methoxy groups -OCH3 is 1. The van der Waals surface area contributed by atoms with Gasteiger partial charge in [-0.25, -0.2) is 0 Å². The zero-order valence-electron chi connectivity index (χ0n) is 16.2. The highest BCUT2D eigenvalue weighted by molar-refractivity contribution is 6.32. The number of rotatable bonds is 7. The summed E-state index contributed by atoms with van der Waals surface area (Å²) in [7, 11) is 1.61. The molecule has 1 N–H and O–H groups in total. The fraction of sp³-hybridized carbons (Fsp3) is 0.217. The Morgan fingerprint density at radius 1 is 0.857 bits per heavy atom. The van der Waals surface area contributed by atoms with Crippen LogP contribution in [0, 0.1) is 13.8 Å². The van der Waals surface area contributed by atoms with Crippen molar-refractivity contribution in [2.45, 2.75) is 27.0 Å². The Labute approximate surface area is 176 Å². The lowest BCUT2D eigenvalue weighted by Gasteiger charge is -2.15. The van der Waals surface area contributed by atoms with Gasteiger partial charge in [-0.15, -0.1) is 0 Å². The minimum Gasteiger partial charge on any atom is -0.493 e. The molecule has 3 nitrogen and oxygen atoms in total. The Bertz CT molecular complexity index is 956. The lowest BCUT2D eigenvalue weighted by atomic mass is 10.1. The zero-order valence-corrected chi connectivity index (χ0v) is 17.7. The standard InChI is InChI=1S/C23H23Cl2NO2/c1-15-4-7-17(8-5-15)14-28-23-21(25)10-18(11-22(23)27-3)13-26-19-9-6-16(2)20(24)12-19/h4-12,26H,13-14H2,1-3H3. The van der Waals surface area contributed by atoms with Crippen LogP contribution in [0.2, 0.25) is 10.0 Å². The van der Waals surface area contributed by atoms with Crippen molar-refractivity contribution in [1.29, 1.82) is 0 Å². The molecule has 0 aromatic heterocycles. The lowest BCUT2D eigenvalue weighted by molar-refractivity contribution is 0.284. The smallest absolute Gasteiger partial charge is 0.180 e. The highest BCUT2D eigenvalue weighted by Crippen LogP contribution is 2.37. The van der Waals surface area contributed by atoms with Crippen molar-refractivity contribution in [3.05, 3.63) is 86.9 Å². The van der Waals surface area contributed by atoms with E-state index < -0.39 is 0 Å². The minimum atomic E-state index is 0.426. The van der Waals surface area contributed by atoms with Gasteiger partial charge in [0.15, 0.2) is 11.5 Å². The molecule has 146 valence electrons. The summed E-state index contributed by atoms with van der Waals surface area (Å²) in [5.41, 5.74) is 5.27. The summed E-state index contributed by atoms with van der Waals surface area (Å²) in [4.78, 5) is 0. The summed E-state index contributed by atoms with van der Waals surface area (Å²) in [6.45, 7) is 5.05. The third-order valence-electron chi connectivity index (χ3n) is 4.46. The molecule has 0 aliphatic carbocycles. The number of nitrogens with one attached hydrogen (secondary N) is 1. The van der Waals surface area contributed by atoms with Gasteiger partial charge in [0, 0.05) is 17.3 Å². The van der Waals surface area contributed by atoms with Crippen LogP contribution in [0.25, 0.3) is 0 Å². The van der Waals surface area contributed by atoms with E-state index in [1.807, 2.05) is 49.4 Å².